The van der Waals surface area contributed by atoms with Gasteiger partial charge in [0.1, 0.15) is 0 Å². The first-order valence-electron chi connectivity index (χ1n) is 8.75. The van der Waals surface area contributed by atoms with Crippen LogP contribution in [0.2, 0.25) is 0 Å². The van der Waals surface area contributed by atoms with E-state index in [2.05, 4.69) is 29.4 Å². The highest BCUT2D eigenvalue weighted by atomic mass is 16.2. The zero-order chi connectivity index (χ0) is 15.3. The summed E-state index contributed by atoms with van der Waals surface area (Å²) in [4.78, 5) is 14.0. The lowest BCUT2D eigenvalue weighted by molar-refractivity contribution is -0.121. The van der Waals surface area contributed by atoms with Crippen LogP contribution in [0.25, 0.3) is 0 Å². The van der Waals surface area contributed by atoms with E-state index in [0.717, 1.165) is 38.1 Å². The van der Waals surface area contributed by atoms with E-state index in [0.29, 0.717) is 6.42 Å². The highest BCUT2D eigenvalue weighted by Crippen LogP contribution is 2.09. The second-order valence-corrected chi connectivity index (χ2v) is 6.24. The summed E-state index contributed by atoms with van der Waals surface area (Å²) in [6.45, 7) is 4.34. The molecular formula is C17H33N3O. The number of amides is 1. The Morgan fingerprint density at radius 3 is 2.24 bits per heavy atom. The van der Waals surface area contributed by atoms with Gasteiger partial charge in [-0.15, -0.1) is 0 Å². The van der Waals surface area contributed by atoms with Crippen LogP contribution < -0.4 is 5.43 Å². The van der Waals surface area contributed by atoms with Gasteiger partial charge >= 0.3 is 0 Å². The van der Waals surface area contributed by atoms with Gasteiger partial charge in [-0.05, 0) is 13.5 Å². The van der Waals surface area contributed by atoms with Crippen molar-refractivity contribution in [2.75, 3.05) is 20.1 Å². The van der Waals surface area contributed by atoms with Crippen molar-refractivity contribution in [2.45, 2.75) is 77.6 Å². The molecule has 1 aliphatic rings. The van der Waals surface area contributed by atoms with Crippen molar-refractivity contribution in [3.8, 4) is 0 Å². The molecule has 1 aliphatic heterocycles. The SMILES string of the molecule is CCCCCCCCCCC(=O)NN=C1CCN(C)CC1. The summed E-state index contributed by atoms with van der Waals surface area (Å²) in [5.74, 6) is 0.0763. The molecule has 0 atom stereocenters. The minimum Gasteiger partial charge on any atom is -0.306 e. The van der Waals surface area contributed by atoms with Gasteiger partial charge in [-0.25, -0.2) is 5.43 Å². The zero-order valence-electron chi connectivity index (χ0n) is 14.0. The van der Waals surface area contributed by atoms with Crippen LogP contribution in [-0.2, 0) is 4.79 Å². The molecular weight excluding hydrogens is 262 g/mol. The third-order valence-electron chi connectivity index (χ3n) is 4.16. The Morgan fingerprint density at radius 1 is 1.05 bits per heavy atom. The lowest BCUT2D eigenvalue weighted by atomic mass is 10.1. The number of carbonyl (C=O) groups excluding carboxylic acids is 1. The Balaban J connectivity index is 1.95. The number of piperidine rings is 1. The summed E-state index contributed by atoms with van der Waals surface area (Å²) in [5, 5.41) is 4.26. The van der Waals surface area contributed by atoms with Gasteiger partial charge in [0.05, 0.1) is 0 Å². The smallest absolute Gasteiger partial charge is 0.240 e. The summed E-state index contributed by atoms with van der Waals surface area (Å²) in [5.41, 5.74) is 3.85. The van der Waals surface area contributed by atoms with Crippen LogP contribution in [0.15, 0.2) is 5.10 Å². The maximum absolute atomic E-state index is 11.7. The van der Waals surface area contributed by atoms with Gasteiger partial charge in [0.2, 0.25) is 5.91 Å². The van der Waals surface area contributed by atoms with Crippen molar-refractivity contribution >= 4 is 11.6 Å². The van der Waals surface area contributed by atoms with Gasteiger partial charge in [-0.1, -0.05) is 51.9 Å². The van der Waals surface area contributed by atoms with Crippen molar-refractivity contribution in [1.82, 2.24) is 10.3 Å². The van der Waals surface area contributed by atoms with Crippen LogP contribution in [0.3, 0.4) is 0 Å². The molecule has 0 aromatic heterocycles. The van der Waals surface area contributed by atoms with Gasteiger partial charge in [0.15, 0.2) is 0 Å². The van der Waals surface area contributed by atoms with E-state index in [1.54, 1.807) is 0 Å². The number of hydrazone groups is 1. The third kappa shape index (κ3) is 9.62. The highest BCUT2D eigenvalue weighted by Gasteiger charge is 2.11. The minimum absolute atomic E-state index is 0.0763. The van der Waals surface area contributed by atoms with Crippen molar-refractivity contribution in [1.29, 1.82) is 0 Å². The average molecular weight is 295 g/mol. The zero-order valence-corrected chi connectivity index (χ0v) is 14.0. The first kappa shape index (κ1) is 18.1. The van der Waals surface area contributed by atoms with Crippen LogP contribution in [0.4, 0.5) is 0 Å². The Bertz CT molecular complexity index is 305. The number of rotatable bonds is 10. The van der Waals surface area contributed by atoms with Gasteiger partial charge in [-0.2, -0.15) is 5.10 Å². The fourth-order valence-corrected chi connectivity index (χ4v) is 2.61. The van der Waals surface area contributed by atoms with Crippen LogP contribution in [0.5, 0.6) is 0 Å². The molecule has 0 saturated carbocycles. The predicted octanol–water partition coefficient (Wildman–Crippen LogP) is 3.72. The van der Waals surface area contributed by atoms with Gasteiger partial charge in [-0.3, -0.25) is 4.79 Å². The Labute approximate surface area is 130 Å². The van der Waals surface area contributed by atoms with Crippen LogP contribution in [0, 0.1) is 0 Å². The summed E-state index contributed by atoms with van der Waals surface area (Å²) in [7, 11) is 2.12. The molecule has 1 rings (SSSR count). The molecule has 1 saturated heterocycles. The topological polar surface area (TPSA) is 44.7 Å². The normalized spacial score (nSPS) is 16.0. The number of unbranched alkanes of at least 4 members (excludes halogenated alkanes) is 7. The number of nitrogens with one attached hydrogen (secondary N) is 1. The molecule has 0 aromatic rings. The molecule has 21 heavy (non-hydrogen) atoms. The number of hydrogen-bond donors (Lipinski definition) is 1. The fourth-order valence-electron chi connectivity index (χ4n) is 2.61. The molecule has 1 heterocycles. The highest BCUT2D eigenvalue weighted by molar-refractivity contribution is 5.87. The molecule has 0 aliphatic carbocycles. The van der Waals surface area contributed by atoms with Crippen molar-refractivity contribution in [2.24, 2.45) is 5.10 Å². The fraction of sp³-hybridized carbons (Fsp3) is 0.882. The van der Waals surface area contributed by atoms with Crippen molar-refractivity contribution in [3.05, 3.63) is 0 Å². The van der Waals surface area contributed by atoms with Crippen molar-refractivity contribution < 1.29 is 4.79 Å². The number of carbonyl (C=O) groups is 1. The van der Waals surface area contributed by atoms with E-state index in [4.69, 9.17) is 0 Å². The maximum Gasteiger partial charge on any atom is 0.240 e. The second-order valence-electron chi connectivity index (χ2n) is 6.24. The first-order valence-corrected chi connectivity index (χ1v) is 8.75. The van der Waals surface area contributed by atoms with E-state index in [-0.39, 0.29) is 5.91 Å². The lowest BCUT2D eigenvalue weighted by Crippen LogP contribution is -2.31. The molecule has 4 heteroatoms. The molecule has 4 nitrogen and oxygen atoms in total. The van der Waals surface area contributed by atoms with Gasteiger partial charge < -0.3 is 4.90 Å². The summed E-state index contributed by atoms with van der Waals surface area (Å²) in [6.07, 6.45) is 12.7. The second kappa shape index (κ2) is 11.7. The van der Waals surface area contributed by atoms with Gasteiger partial charge in [0.25, 0.3) is 0 Å². The summed E-state index contributed by atoms with van der Waals surface area (Å²) < 4.78 is 0. The largest absolute Gasteiger partial charge is 0.306 e. The van der Waals surface area contributed by atoms with Crippen LogP contribution in [0.1, 0.15) is 77.6 Å². The number of nitrogens with zero attached hydrogens (tertiary/aromatic N) is 2. The molecule has 0 aromatic carbocycles. The number of likely N-dealkylation sites (tertiary alicyclic amines) is 1. The molecule has 0 radical (unpaired) electrons. The van der Waals surface area contributed by atoms with E-state index in [1.165, 1.54) is 44.9 Å². The lowest BCUT2D eigenvalue weighted by Gasteiger charge is -2.22. The Kier molecular flexibility index (Phi) is 10.1. The predicted molar refractivity (Wildman–Crippen MR) is 89.5 cm³/mol. The summed E-state index contributed by atoms with van der Waals surface area (Å²) in [6, 6.07) is 0. The molecule has 1 fully saturated rings. The monoisotopic (exact) mass is 295 g/mol. The minimum atomic E-state index is 0.0763. The maximum atomic E-state index is 11.7. The quantitative estimate of drug-likeness (QED) is 0.493. The number of hydrogen-bond acceptors (Lipinski definition) is 3. The molecule has 1 N–H and O–H groups in total. The van der Waals surface area contributed by atoms with E-state index < -0.39 is 0 Å². The molecule has 0 bridgehead atoms. The molecule has 0 unspecified atom stereocenters. The molecule has 1 amide bonds. The standard InChI is InChI=1S/C17H33N3O/c1-3-4-5-6-7-8-9-10-11-17(21)19-18-16-12-14-20(2)15-13-16/h3-15H2,1-2H3,(H,19,21). The van der Waals surface area contributed by atoms with E-state index >= 15 is 0 Å². The van der Waals surface area contributed by atoms with E-state index in [1.807, 2.05) is 0 Å². The Hall–Kier alpha value is -0.900. The Morgan fingerprint density at radius 2 is 1.62 bits per heavy atom. The van der Waals surface area contributed by atoms with Crippen molar-refractivity contribution in [3.63, 3.8) is 0 Å². The van der Waals surface area contributed by atoms with Crippen LogP contribution in [-0.4, -0.2) is 36.7 Å². The average Bonchev–Trinajstić information content (AvgIpc) is 2.49. The molecule has 122 valence electrons. The van der Waals surface area contributed by atoms with E-state index in [9.17, 15) is 4.79 Å². The summed E-state index contributed by atoms with van der Waals surface area (Å²) >= 11 is 0. The first-order chi connectivity index (χ1) is 10.2. The van der Waals surface area contributed by atoms with Gasteiger partial charge in [0, 0.05) is 38.1 Å². The third-order valence-corrected chi connectivity index (χ3v) is 4.16. The van der Waals surface area contributed by atoms with Crippen LogP contribution >= 0.6 is 0 Å². The molecule has 0 spiro atoms.